The van der Waals surface area contributed by atoms with Gasteiger partial charge in [-0.1, -0.05) is 48.5 Å². The number of aromatic nitrogens is 1. The van der Waals surface area contributed by atoms with Gasteiger partial charge in [-0.3, -0.25) is 4.90 Å². The lowest BCUT2D eigenvalue weighted by molar-refractivity contribution is 0.248. The third-order valence-electron chi connectivity index (χ3n) is 5.29. The van der Waals surface area contributed by atoms with Gasteiger partial charge < -0.3 is 4.98 Å². The Balaban J connectivity index is 1.38. The number of nitriles is 1. The zero-order chi connectivity index (χ0) is 17.1. The molecule has 1 atom stereocenters. The summed E-state index contributed by atoms with van der Waals surface area (Å²) in [6.07, 6.45) is 3.08. The zero-order valence-corrected chi connectivity index (χ0v) is 14.4. The maximum atomic E-state index is 9.47. The monoisotopic (exact) mass is 329 g/mol. The van der Waals surface area contributed by atoms with Gasteiger partial charge in [0.1, 0.15) is 0 Å². The van der Waals surface area contributed by atoms with Gasteiger partial charge in [-0.15, -0.1) is 0 Å². The van der Waals surface area contributed by atoms with Gasteiger partial charge in [0.05, 0.1) is 12.0 Å². The van der Waals surface area contributed by atoms with Crippen LogP contribution in [0.4, 0.5) is 0 Å². The lowest BCUT2D eigenvalue weighted by Gasteiger charge is -2.27. The second-order valence-electron chi connectivity index (χ2n) is 6.89. The average molecular weight is 329 g/mol. The van der Waals surface area contributed by atoms with Crippen molar-refractivity contribution in [2.45, 2.75) is 31.7 Å². The summed E-state index contributed by atoms with van der Waals surface area (Å²) in [6, 6.07) is 21.2. The molecule has 0 spiro atoms. The van der Waals surface area contributed by atoms with Gasteiger partial charge in [0.15, 0.2) is 0 Å². The van der Waals surface area contributed by atoms with Gasteiger partial charge in [0, 0.05) is 36.1 Å². The molecule has 3 heteroatoms. The third-order valence-corrected chi connectivity index (χ3v) is 5.29. The van der Waals surface area contributed by atoms with Crippen molar-refractivity contribution in [2.75, 3.05) is 13.1 Å². The van der Waals surface area contributed by atoms with Crippen LogP contribution in [-0.2, 0) is 13.0 Å². The number of hydrogen-bond donors (Lipinski definition) is 1. The van der Waals surface area contributed by atoms with Crippen molar-refractivity contribution in [3.05, 3.63) is 71.4 Å². The second-order valence-corrected chi connectivity index (χ2v) is 6.89. The molecule has 2 heterocycles. The van der Waals surface area contributed by atoms with E-state index in [2.05, 4.69) is 52.4 Å². The van der Waals surface area contributed by atoms with E-state index in [9.17, 15) is 5.26 Å². The number of para-hydroxylation sites is 1. The predicted octanol–water partition coefficient (Wildman–Crippen LogP) is 4.61. The number of rotatable bonds is 5. The van der Waals surface area contributed by atoms with Gasteiger partial charge in [-0.25, -0.2) is 0 Å². The van der Waals surface area contributed by atoms with Gasteiger partial charge in [-0.05, 0) is 36.6 Å². The Morgan fingerprint density at radius 2 is 1.88 bits per heavy atom. The van der Waals surface area contributed by atoms with E-state index in [1.807, 2.05) is 18.2 Å². The highest BCUT2D eigenvalue weighted by Crippen LogP contribution is 2.28. The summed E-state index contributed by atoms with van der Waals surface area (Å²) in [7, 11) is 0. The van der Waals surface area contributed by atoms with Gasteiger partial charge in [0.2, 0.25) is 0 Å². The molecular formula is C22H23N3. The van der Waals surface area contributed by atoms with Crippen LogP contribution in [-0.4, -0.2) is 23.0 Å². The smallest absolute Gasteiger partial charge is 0.0713 e. The van der Waals surface area contributed by atoms with Crippen LogP contribution in [0.3, 0.4) is 0 Å². The summed E-state index contributed by atoms with van der Waals surface area (Å²) < 4.78 is 0. The van der Waals surface area contributed by atoms with Gasteiger partial charge >= 0.3 is 0 Å². The molecule has 0 saturated heterocycles. The molecule has 0 radical (unpaired) electrons. The highest BCUT2D eigenvalue weighted by molar-refractivity contribution is 5.84. The second kappa shape index (κ2) is 7.13. The van der Waals surface area contributed by atoms with E-state index in [4.69, 9.17) is 0 Å². The number of nitrogens with one attached hydrogen (secondary N) is 1. The fourth-order valence-corrected chi connectivity index (χ4v) is 3.92. The number of nitrogens with zero attached hydrogens (tertiary/aromatic N) is 2. The molecule has 0 amide bonds. The number of hydrogen-bond acceptors (Lipinski definition) is 2. The zero-order valence-electron chi connectivity index (χ0n) is 14.4. The van der Waals surface area contributed by atoms with Crippen LogP contribution in [0.2, 0.25) is 0 Å². The van der Waals surface area contributed by atoms with E-state index < -0.39 is 0 Å². The van der Waals surface area contributed by atoms with Crippen molar-refractivity contribution >= 4 is 10.9 Å². The van der Waals surface area contributed by atoms with E-state index in [0.717, 1.165) is 44.5 Å². The lowest BCUT2D eigenvalue weighted by atomic mass is 9.95. The van der Waals surface area contributed by atoms with Gasteiger partial charge in [0.25, 0.3) is 0 Å². The Kier molecular flexibility index (Phi) is 4.54. The summed E-state index contributed by atoms with van der Waals surface area (Å²) in [4.78, 5) is 6.10. The number of aromatic amines is 1. The fourth-order valence-electron chi connectivity index (χ4n) is 3.92. The van der Waals surface area contributed by atoms with Crippen LogP contribution in [0.25, 0.3) is 10.9 Å². The Bertz CT molecular complexity index is 889. The molecule has 3 aromatic rings. The van der Waals surface area contributed by atoms with Gasteiger partial charge in [-0.2, -0.15) is 5.26 Å². The normalized spacial score (nSPS) is 15.6. The van der Waals surface area contributed by atoms with Crippen molar-refractivity contribution in [1.29, 1.82) is 5.26 Å². The Morgan fingerprint density at radius 1 is 1.08 bits per heavy atom. The molecule has 126 valence electrons. The van der Waals surface area contributed by atoms with Crippen molar-refractivity contribution in [2.24, 2.45) is 0 Å². The molecular weight excluding hydrogens is 306 g/mol. The van der Waals surface area contributed by atoms with Crippen LogP contribution in [0.1, 0.15) is 35.6 Å². The molecule has 0 saturated carbocycles. The predicted molar refractivity (Wildman–Crippen MR) is 101 cm³/mol. The molecule has 0 fully saturated rings. The first-order chi connectivity index (χ1) is 12.3. The number of fused-ring (bicyclic) bond motifs is 3. The van der Waals surface area contributed by atoms with Crippen LogP contribution in [0.15, 0.2) is 54.6 Å². The number of H-pyrrole nitrogens is 1. The molecule has 0 aliphatic carbocycles. The van der Waals surface area contributed by atoms with E-state index in [-0.39, 0.29) is 5.92 Å². The first-order valence-electron chi connectivity index (χ1n) is 9.10. The first-order valence-corrected chi connectivity index (χ1v) is 9.10. The topological polar surface area (TPSA) is 42.8 Å². The standard InChI is InChI=1S/C22H23N3/c23-15-18(17-7-2-1-3-8-17)9-6-13-25-14-12-22-20(16-25)19-10-4-5-11-21(19)24-22/h1-5,7-8,10-11,18,24H,6,9,12-14,16H2. The third kappa shape index (κ3) is 3.31. The molecule has 1 aliphatic heterocycles. The highest BCUT2D eigenvalue weighted by Gasteiger charge is 2.20. The Labute approximate surface area is 148 Å². The summed E-state index contributed by atoms with van der Waals surface area (Å²) in [5.41, 5.74) is 5.25. The molecule has 1 unspecified atom stereocenters. The quantitative estimate of drug-likeness (QED) is 0.742. The summed E-state index contributed by atoms with van der Waals surface area (Å²) in [5.74, 6) is 0.00893. The van der Waals surface area contributed by atoms with Crippen molar-refractivity contribution in [3.63, 3.8) is 0 Å². The van der Waals surface area contributed by atoms with Crippen LogP contribution >= 0.6 is 0 Å². The molecule has 1 aliphatic rings. The maximum absolute atomic E-state index is 9.47. The fraction of sp³-hybridized carbons (Fsp3) is 0.318. The molecule has 25 heavy (non-hydrogen) atoms. The lowest BCUT2D eigenvalue weighted by Crippen LogP contribution is -2.31. The van der Waals surface area contributed by atoms with Crippen molar-refractivity contribution in [1.82, 2.24) is 9.88 Å². The average Bonchev–Trinajstić information content (AvgIpc) is 3.04. The van der Waals surface area contributed by atoms with E-state index in [1.165, 1.54) is 22.2 Å². The molecule has 3 nitrogen and oxygen atoms in total. The first kappa shape index (κ1) is 15.9. The molecule has 1 aromatic heterocycles. The summed E-state index contributed by atoms with van der Waals surface area (Å²) >= 11 is 0. The maximum Gasteiger partial charge on any atom is 0.0713 e. The Morgan fingerprint density at radius 3 is 2.72 bits per heavy atom. The number of benzene rings is 2. The molecule has 0 bridgehead atoms. The highest BCUT2D eigenvalue weighted by atomic mass is 15.1. The summed E-state index contributed by atoms with van der Waals surface area (Å²) in [6.45, 7) is 3.17. The minimum atomic E-state index is 0.00893. The molecule has 1 N–H and O–H groups in total. The molecule has 4 rings (SSSR count). The van der Waals surface area contributed by atoms with Crippen molar-refractivity contribution < 1.29 is 0 Å². The van der Waals surface area contributed by atoms with E-state index in [1.54, 1.807) is 0 Å². The van der Waals surface area contributed by atoms with E-state index in [0.29, 0.717) is 0 Å². The van der Waals surface area contributed by atoms with Crippen LogP contribution in [0.5, 0.6) is 0 Å². The van der Waals surface area contributed by atoms with E-state index >= 15 is 0 Å². The minimum absolute atomic E-state index is 0.00893. The Hall–Kier alpha value is -2.57. The largest absolute Gasteiger partial charge is 0.358 e. The SMILES string of the molecule is N#CC(CCCN1CCc2[nH]c3ccccc3c2C1)c1ccccc1. The van der Waals surface area contributed by atoms with Crippen LogP contribution < -0.4 is 0 Å². The molecule has 2 aromatic carbocycles. The van der Waals surface area contributed by atoms with Crippen LogP contribution in [0, 0.1) is 11.3 Å². The van der Waals surface area contributed by atoms with Crippen molar-refractivity contribution in [3.8, 4) is 6.07 Å². The minimum Gasteiger partial charge on any atom is -0.358 e. The summed E-state index contributed by atoms with van der Waals surface area (Å²) in [5, 5.41) is 10.8.